The number of benzene rings is 1. The maximum atomic E-state index is 13.1. The van der Waals surface area contributed by atoms with Gasteiger partial charge in [0.1, 0.15) is 0 Å². The topological polar surface area (TPSA) is 106 Å². The summed E-state index contributed by atoms with van der Waals surface area (Å²) in [7, 11) is 0. The Bertz CT molecular complexity index is 1310. The monoisotopic (exact) mass is 454 g/mol. The summed E-state index contributed by atoms with van der Waals surface area (Å²) in [6.45, 7) is 3.06. The van der Waals surface area contributed by atoms with Crippen LogP contribution in [-0.2, 0) is 6.18 Å². The highest BCUT2D eigenvalue weighted by Gasteiger charge is 2.41. The minimum atomic E-state index is -4.84. The fourth-order valence-corrected chi connectivity index (χ4v) is 3.01. The largest absolute Gasteiger partial charge is 0.452 e. The SMILES string of the molecule is Cc1nc(C(=O)Nc2ccc(C)c(Nc3nccc(-c4cccnc4)n3)c2)c(C(F)(F)F)o1. The van der Waals surface area contributed by atoms with Crippen molar-refractivity contribution in [1.82, 2.24) is 19.9 Å². The van der Waals surface area contributed by atoms with Gasteiger partial charge in [-0.2, -0.15) is 13.2 Å². The van der Waals surface area contributed by atoms with Gasteiger partial charge in [-0.1, -0.05) is 6.07 Å². The molecule has 3 aromatic heterocycles. The van der Waals surface area contributed by atoms with Gasteiger partial charge < -0.3 is 15.1 Å². The Hall–Kier alpha value is -4.28. The summed E-state index contributed by atoms with van der Waals surface area (Å²) in [5.74, 6) is -2.44. The number of pyridine rings is 1. The Morgan fingerprint density at radius 3 is 2.61 bits per heavy atom. The Labute approximate surface area is 185 Å². The van der Waals surface area contributed by atoms with Crippen LogP contribution in [-0.4, -0.2) is 25.8 Å². The van der Waals surface area contributed by atoms with E-state index < -0.39 is 23.5 Å². The minimum absolute atomic E-state index is 0.255. The maximum Gasteiger partial charge on any atom is 0.452 e. The van der Waals surface area contributed by atoms with E-state index in [1.807, 2.05) is 13.0 Å². The number of aromatic nitrogens is 4. The number of alkyl halides is 3. The molecule has 3 heterocycles. The summed E-state index contributed by atoms with van der Waals surface area (Å²) in [5, 5.41) is 5.49. The Kier molecular flexibility index (Phi) is 5.78. The number of anilines is 3. The third kappa shape index (κ3) is 4.97. The maximum absolute atomic E-state index is 13.1. The van der Waals surface area contributed by atoms with Crippen LogP contribution in [0.4, 0.5) is 30.5 Å². The molecule has 0 saturated heterocycles. The normalized spacial score (nSPS) is 11.3. The quantitative estimate of drug-likeness (QED) is 0.429. The first-order valence-corrected chi connectivity index (χ1v) is 9.68. The molecule has 168 valence electrons. The van der Waals surface area contributed by atoms with Crippen LogP contribution in [0, 0.1) is 13.8 Å². The van der Waals surface area contributed by atoms with Gasteiger partial charge in [-0.25, -0.2) is 15.0 Å². The highest BCUT2D eigenvalue weighted by atomic mass is 19.4. The van der Waals surface area contributed by atoms with Gasteiger partial charge in [-0.15, -0.1) is 0 Å². The van der Waals surface area contributed by atoms with Crippen LogP contribution in [0.3, 0.4) is 0 Å². The molecule has 11 heteroatoms. The molecule has 0 aliphatic rings. The van der Waals surface area contributed by atoms with E-state index in [1.54, 1.807) is 48.9 Å². The molecule has 2 N–H and O–H groups in total. The Balaban J connectivity index is 1.57. The van der Waals surface area contributed by atoms with Crippen LogP contribution in [0.15, 0.2) is 59.4 Å². The minimum Gasteiger partial charge on any atom is -0.436 e. The van der Waals surface area contributed by atoms with Crippen molar-refractivity contribution >= 4 is 23.2 Å². The molecular weight excluding hydrogens is 437 g/mol. The molecule has 4 rings (SSSR count). The standard InChI is InChI=1S/C22H17F3N6O2/c1-12-5-6-15(29-20(32)18-19(22(23,24)25)33-13(2)28-18)10-17(12)31-21-27-9-7-16(30-21)14-4-3-8-26-11-14/h3-11H,1-2H3,(H,29,32)(H,27,30,31). The lowest BCUT2D eigenvalue weighted by atomic mass is 10.1. The van der Waals surface area contributed by atoms with E-state index in [1.165, 1.54) is 6.92 Å². The number of carbonyl (C=O) groups is 1. The van der Waals surface area contributed by atoms with Crippen molar-refractivity contribution in [3.63, 3.8) is 0 Å². The number of rotatable bonds is 5. The number of hydrogen-bond acceptors (Lipinski definition) is 7. The smallest absolute Gasteiger partial charge is 0.436 e. The lowest BCUT2D eigenvalue weighted by molar-refractivity contribution is -0.153. The van der Waals surface area contributed by atoms with Crippen molar-refractivity contribution in [2.45, 2.75) is 20.0 Å². The highest BCUT2D eigenvalue weighted by molar-refractivity contribution is 6.04. The van der Waals surface area contributed by atoms with Crippen molar-refractivity contribution in [3.8, 4) is 11.3 Å². The lowest BCUT2D eigenvalue weighted by Gasteiger charge is -2.12. The van der Waals surface area contributed by atoms with E-state index in [2.05, 4.69) is 35.0 Å². The van der Waals surface area contributed by atoms with Crippen LogP contribution in [0.2, 0.25) is 0 Å². The summed E-state index contributed by atoms with van der Waals surface area (Å²) in [5.41, 5.74) is 2.25. The first-order chi connectivity index (χ1) is 15.7. The molecule has 1 amide bonds. The predicted octanol–water partition coefficient (Wildman–Crippen LogP) is 5.16. The first-order valence-electron chi connectivity index (χ1n) is 9.68. The molecule has 0 unspecified atom stereocenters. The zero-order valence-corrected chi connectivity index (χ0v) is 17.4. The van der Waals surface area contributed by atoms with Crippen molar-refractivity contribution in [2.75, 3.05) is 10.6 Å². The molecule has 0 bridgehead atoms. The predicted molar refractivity (Wildman–Crippen MR) is 114 cm³/mol. The summed E-state index contributed by atoms with van der Waals surface area (Å²) in [6.07, 6.45) is 0.0775. The average Bonchev–Trinajstić information content (AvgIpc) is 3.19. The van der Waals surface area contributed by atoms with Crippen LogP contribution >= 0.6 is 0 Å². The molecule has 0 aliphatic heterocycles. The van der Waals surface area contributed by atoms with Gasteiger partial charge in [0.05, 0.1) is 5.69 Å². The van der Waals surface area contributed by atoms with Gasteiger partial charge in [0, 0.05) is 42.5 Å². The van der Waals surface area contributed by atoms with E-state index in [-0.39, 0.29) is 11.6 Å². The zero-order valence-electron chi connectivity index (χ0n) is 17.4. The van der Waals surface area contributed by atoms with Crippen LogP contribution < -0.4 is 10.6 Å². The van der Waals surface area contributed by atoms with Gasteiger partial charge in [0.15, 0.2) is 11.6 Å². The lowest BCUT2D eigenvalue weighted by Crippen LogP contribution is -2.18. The Morgan fingerprint density at radius 1 is 1.06 bits per heavy atom. The summed E-state index contributed by atoms with van der Waals surface area (Å²) < 4.78 is 44.0. The molecule has 4 aromatic rings. The first kappa shape index (κ1) is 21.9. The second-order valence-electron chi connectivity index (χ2n) is 7.02. The molecule has 0 radical (unpaired) electrons. The second kappa shape index (κ2) is 8.69. The second-order valence-corrected chi connectivity index (χ2v) is 7.02. The van der Waals surface area contributed by atoms with Crippen LogP contribution in [0.1, 0.15) is 27.7 Å². The number of halogens is 3. The van der Waals surface area contributed by atoms with Crippen molar-refractivity contribution in [1.29, 1.82) is 0 Å². The number of nitrogens with one attached hydrogen (secondary N) is 2. The number of nitrogens with zero attached hydrogens (tertiary/aromatic N) is 4. The van der Waals surface area contributed by atoms with Crippen molar-refractivity contribution < 1.29 is 22.4 Å². The number of amides is 1. The molecule has 0 aliphatic carbocycles. The van der Waals surface area contributed by atoms with Gasteiger partial charge in [0.25, 0.3) is 5.91 Å². The molecule has 0 saturated carbocycles. The third-order valence-corrected chi connectivity index (χ3v) is 4.56. The van der Waals surface area contributed by atoms with Crippen molar-refractivity contribution in [3.05, 3.63) is 77.9 Å². The van der Waals surface area contributed by atoms with Crippen LogP contribution in [0.25, 0.3) is 11.3 Å². The van der Waals surface area contributed by atoms with Crippen molar-refractivity contribution in [2.24, 2.45) is 0 Å². The van der Waals surface area contributed by atoms with Gasteiger partial charge in [0.2, 0.25) is 11.7 Å². The number of hydrogen-bond donors (Lipinski definition) is 2. The molecule has 0 spiro atoms. The molecule has 8 nitrogen and oxygen atoms in total. The molecule has 1 aromatic carbocycles. The summed E-state index contributed by atoms with van der Waals surface area (Å²) in [6, 6.07) is 10.2. The van der Waals surface area contributed by atoms with E-state index in [0.717, 1.165) is 11.1 Å². The zero-order chi connectivity index (χ0) is 23.6. The number of oxazole rings is 1. The van der Waals surface area contributed by atoms with E-state index in [0.29, 0.717) is 17.3 Å². The number of aryl methyl sites for hydroxylation is 2. The van der Waals surface area contributed by atoms with Gasteiger partial charge >= 0.3 is 6.18 Å². The summed E-state index contributed by atoms with van der Waals surface area (Å²) >= 11 is 0. The molecule has 33 heavy (non-hydrogen) atoms. The van der Waals surface area contributed by atoms with E-state index in [9.17, 15) is 18.0 Å². The third-order valence-electron chi connectivity index (χ3n) is 4.56. The Morgan fingerprint density at radius 2 is 1.88 bits per heavy atom. The fraction of sp³-hybridized carbons (Fsp3) is 0.136. The molecule has 0 fully saturated rings. The van der Waals surface area contributed by atoms with Crippen LogP contribution in [0.5, 0.6) is 0 Å². The molecule has 0 atom stereocenters. The van der Waals surface area contributed by atoms with E-state index in [4.69, 9.17) is 0 Å². The molecular formula is C22H17F3N6O2. The highest BCUT2D eigenvalue weighted by Crippen LogP contribution is 2.33. The van der Waals surface area contributed by atoms with Gasteiger partial charge in [-0.05, 0) is 42.8 Å². The van der Waals surface area contributed by atoms with E-state index >= 15 is 0 Å². The van der Waals surface area contributed by atoms with Gasteiger partial charge in [-0.3, -0.25) is 9.78 Å². The summed E-state index contributed by atoms with van der Waals surface area (Å²) in [4.78, 5) is 28.8. The average molecular weight is 454 g/mol. The fourth-order valence-electron chi connectivity index (χ4n) is 3.01. The number of carbonyl (C=O) groups excluding carboxylic acids is 1.